The van der Waals surface area contributed by atoms with Crippen molar-refractivity contribution >= 4 is 5.84 Å². The van der Waals surface area contributed by atoms with Crippen molar-refractivity contribution in [2.75, 3.05) is 20.7 Å². The number of nitrogens with zero attached hydrogens (tertiary/aromatic N) is 6. The molecule has 124 valence electrons. The minimum atomic E-state index is 0.548. The average Bonchev–Trinajstić information content (AvgIpc) is 3.25. The molecule has 0 fully saturated rings. The Morgan fingerprint density at radius 1 is 1.17 bits per heavy atom. The summed E-state index contributed by atoms with van der Waals surface area (Å²) in [6.07, 6.45) is 8.96. The third-order valence-electron chi connectivity index (χ3n) is 3.30. The van der Waals surface area contributed by atoms with Crippen LogP contribution in [-0.2, 0) is 6.54 Å². The van der Waals surface area contributed by atoms with Gasteiger partial charge in [-0.1, -0.05) is 18.2 Å². The highest BCUT2D eigenvalue weighted by Gasteiger charge is 2.13. The lowest BCUT2D eigenvalue weighted by Crippen LogP contribution is -2.22. The molecule has 2 aromatic heterocycles. The maximum atomic E-state index is 5.77. The molecule has 0 N–H and O–H groups in total. The van der Waals surface area contributed by atoms with Crippen LogP contribution < -0.4 is 4.74 Å². The second-order valence-electron chi connectivity index (χ2n) is 5.35. The number of aromatic nitrogens is 4. The highest BCUT2D eigenvalue weighted by Crippen LogP contribution is 2.09. The molecule has 24 heavy (non-hydrogen) atoms. The molecule has 0 spiro atoms. The van der Waals surface area contributed by atoms with Crippen molar-refractivity contribution in [3.8, 4) is 5.75 Å². The van der Waals surface area contributed by atoms with Gasteiger partial charge in [0.25, 0.3) is 0 Å². The summed E-state index contributed by atoms with van der Waals surface area (Å²) >= 11 is 0. The van der Waals surface area contributed by atoms with Crippen molar-refractivity contribution in [3.05, 3.63) is 67.3 Å². The zero-order valence-corrected chi connectivity index (χ0v) is 13.8. The van der Waals surface area contributed by atoms with Gasteiger partial charge in [-0.25, -0.2) is 9.97 Å². The van der Waals surface area contributed by atoms with Crippen LogP contribution in [0.5, 0.6) is 5.75 Å². The zero-order chi connectivity index (χ0) is 16.8. The Morgan fingerprint density at radius 3 is 2.71 bits per heavy atom. The van der Waals surface area contributed by atoms with Gasteiger partial charge in [0.15, 0.2) is 5.82 Å². The van der Waals surface area contributed by atoms with E-state index in [2.05, 4.69) is 15.1 Å². The Kier molecular flexibility index (Phi) is 4.90. The Hall–Kier alpha value is -3.09. The molecule has 0 radical (unpaired) electrons. The van der Waals surface area contributed by atoms with Gasteiger partial charge >= 0.3 is 0 Å². The molecule has 0 unspecified atom stereocenters. The van der Waals surface area contributed by atoms with Crippen molar-refractivity contribution in [2.24, 2.45) is 5.10 Å². The highest BCUT2D eigenvalue weighted by molar-refractivity contribution is 5.97. The minimum Gasteiger partial charge on any atom is -0.492 e. The third-order valence-corrected chi connectivity index (χ3v) is 3.30. The summed E-state index contributed by atoms with van der Waals surface area (Å²) in [6, 6.07) is 9.77. The Bertz CT molecular complexity index is 777. The van der Waals surface area contributed by atoms with Gasteiger partial charge < -0.3 is 14.3 Å². The molecule has 7 nitrogen and oxygen atoms in total. The number of hydrazone groups is 1. The summed E-state index contributed by atoms with van der Waals surface area (Å²) in [5.74, 6) is 2.33. The molecule has 0 amide bonds. The predicted octanol–water partition coefficient (Wildman–Crippen LogP) is 1.93. The van der Waals surface area contributed by atoms with E-state index in [0.29, 0.717) is 19.0 Å². The van der Waals surface area contributed by atoms with Gasteiger partial charge in [0.2, 0.25) is 5.84 Å². The van der Waals surface area contributed by atoms with Crippen LogP contribution in [0, 0.1) is 0 Å². The Labute approximate surface area is 140 Å². The molecule has 0 saturated heterocycles. The summed E-state index contributed by atoms with van der Waals surface area (Å²) in [5, 5.41) is 6.28. The molecule has 0 aliphatic carbocycles. The fourth-order valence-corrected chi connectivity index (χ4v) is 2.26. The fraction of sp³-hybridized carbons (Fsp3) is 0.235. The van der Waals surface area contributed by atoms with E-state index in [0.717, 1.165) is 11.6 Å². The number of para-hydroxylation sites is 1. The van der Waals surface area contributed by atoms with Gasteiger partial charge in [-0.05, 0) is 12.1 Å². The van der Waals surface area contributed by atoms with Gasteiger partial charge in [0.05, 0.1) is 6.54 Å². The molecule has 3 aromatic rings. The van der Waals surface area contributed by atoms with E-state index in [1.54, 1.807) is 23.7 Å². The maximum Gasteiger partial charge on any atom is 0.201 e. The van der Waals surface area contributed by atoms with Crippen molar-refractivity contribution in [2.45, 2.75) is 6.54 Å². The topological polar surface area (TPSA) is 60.5 Å². The number of imidazole rings is 2. The van der Waals surface area contributed by atoms with Gasteiger partial charge in [-0.2, -0.15) is 5.10 Å². The van der Waals surface area contributed by atoms with Crippen LogP contribution in [0.2, 0.25) is 0 Å². The van der Waals surface area contributed by atoms with E-state index in [9.17, 15) is 0 Å². The number of hydrogen-bond acceptors (Lipinski definition) is 5. The van der Waals surface area contributed by atoms with Crippen LogP contribution in [0.15, 0.2) is 66.5 Å². The zero-order valence-electron chi connectivity index (χ0n) is 13.8. The van der Waals surface area contributed by atoms with E-state index in [1.165, 1.54) is 0 Å². The summed E-state index contributed by atoms with van der Waals surface area (Å²) in [5.41, 5.74) is 0. The first kappa shape index (κ1) is 15.8. The molecular weight excluding hydrogens is 304 g/mol. The quantitative estimate of drug-likeness (QED) is 0.395. The molecule has 7 heteroatoms. The molecule has 1 aromatic carbocycles. The second kappa shape index (κ2) is 7.45. The summed E-state index contributed by atoms with van der Waals surface area (Å²) in [7, 11) is 3.76. The van der Waals surface area contributed by atoms with Crippen LogP contribution in [0.3, 0.4) is 0 Å². The van der Waals surface area contributed by atoms with Crippen molar-refractivity contribution in [1.82, 2.24) is 24.1 Å². The van der Waals surface area contributed by atoms with Gasteiger partial charge in [0, 0.05) is 38.9 Å². The first-order valence-corrected chi connectivity index (χ1v) is 7.67. The number of hydrogen-bond donors (Lipinski definition) is 0. The summed E-state index contributed by atoms with van der Waals surface area (Å²) in [6.45, 7) is 1.22. The average molecular weight is 324 g/mol. The van der Waals surface area contributed by atoms with E-state index >= 15 is 0 Å². The minimum absolute atomic E-state index is 0.548. The van der Waals surface area contributed by atoms with Gasteiger partial charge in [-0.15, -0.1) is 0 Å². The first-order valence-electron chi connectivity index (χ1n) is 7.67. The molecule has 2 heterocycles. The Morgan fingerprint density at radius 2 is 2.00 bits per heavy atom. The highest BCUT2D eigenvalue weighted by atomic mass is 16.5. The van der Waals surface area contributed by atoms with Crippen LogP contribution >= 0.6 is 0 Å². The van der Waals surface area contributed by atoms with E-state index in [-0.39, 0.29) is 0 Å². The van der Waals surface area contributed by atoms with Crippen LogP contribution in [0.4, 0.5) is 0 Å². The van der Waals surface area contributed by atoms with Crippen molar-refractivity contribution in [1.29, 1.82) is 0 Å². The van der Waals surface area contributed by atoms with Crippen LogP contribution in [0.25, 0.3) is 0 Å². The molecular formula is C17H20N6O. The molecule has 0 aliphatic heterocycles. The van der Waals surface area contributed by atoms with Gasteiger partial charge in [0.1, 0.15) is 18.7 Å². The van der Waals surface area contributed by atoms with E-state index in [4.69, 9.17) is 4.74 Å². The van der Waals surface area contributed by atoms with E-state index < -0.39 is 0 Å². The maximum absolute atomic E-state index is 5.77. The smallest absolute Gasteiger partial charge is 0.201 e. The van der Waals surface area contributed by atoms with Crippen LogP contribution in [-0.4, -0.2) is 50.6 Å². The number of rotatable bonds is 6. The second-order valence-corrected chi connectivity index (χ2v) is 5.35. The Balaban J connectivity index is 1.76. The summed E-state index contributed by atoms with van der Waals surface area (Å²) < 4.78 is 9.63. The number of ether oxygens (including phenoxy) is 1. The first-order chi connectivity index (χ1) is 11.7. The fourth-order valence-electron chi connectivity index (χ4n) is 2.26. The molecule has 0 saturated carbocycles. The third kappa shape index (κ3) is 3.81. The predicted molar refractivity (Wildman–Crippen MR) is 92.0 cm³/mol. The van der Waals surface area contributed by atoms with Crippen molar-refractivity contribution < 1.29 is 4.74 Å². The molecule has 0 bridgehead atoms. The van der Waals surface area contributed by atoms with Crippen LogP contribution in [0.1, 0.15) is 5.82 Å². The summed E-state index contributed by atoms with van der Waals surface area (Å²) in [4.78, 5) is 8.55. The molecule has 3 rings (SSSR count). The lowest BCUT2D eigenvalue weighted by Gasteiger charge is -2.13. The standard InChI is InChI=1S/C17H20N6O/c1-21(2)20-17(23-10-8-18-14-23)16-19-9-11-22(16)12-13-24-15-6-4-3-5-7-15/h3-11,14H,12-13H2,1-2H3/b20-17-. The largest absolute Gasteiger partial charge is 0.492 e. The molecule has 0 atom stereocenters. The molecule has 0 aliphatic rings. The lowest BCUT2D eigenvalue weighted by atomic mass is 10.3. The van der Waals surface area contributed by atoms with Gasteiger partial charge in [-0.3, -0.25) is 4.57 Å². The SMILES string of the molecule is CN(C)/N=C(/c1nccn1CCOc1ccccc1)n1ccnc1. The number of benzene rings is 1. The lowest BCUT2D eigenvalue weighted by molar-refractivity contribution is 0.298. The van der Waals surface area contributed by atoms with Crippen molar-refractivity contribution in [3.63, 3.8) is 0 Å². The van der Waals surface area contributed by atoms with E-state index in [1.807, 2.05) is 66.0 Å². The monoisotopic (exact) mass is 324 g/mol. The normalized spacial score (nSPS) is 11.5.